The first-order valence-corrected chi connectivity index (χ1v) is 5.17. The van der Waals surface area contributed by atoms with Crippen molar-refractivity contribution < 1.29 is 0 Å². The largest absolute Gasteiger partial charge is 0.373 e. The Bertz CT molecular complexity index is 451. The molecule has 16 heavy (non-hydrogen) atoms. The summed E-state index contributed by atoms with van der Waals surface area (Å²) < 4.78 is 0. The molecular weight excluding hydrogens is 204 g/mol. The van der Waals surface area contributed by atoms with Crippen LogP contribution in [-0.4, -0.2) is 32.2 Å². The molecule has 2 N–H and O–H groups in total. The van der Waals surface area contributed by atoms with Crippen LogP contribution < -0.4 is 5.32 Å². The second kappa shape index (κ2) is 4.26. The lowest BCUT2D eigenvalue weighted by atomic mass is 10.2. The van der Waals surface area contributed by atoms with Gasteiger partial charge in [0.15, 0.2) is 11.6 Å². The van der Waals surface area contributed by atoms with Crippen LogP contribution in [0.3, 0.4) is 0 Å². The Morgan fingerprint density at radius 1 is 1.38 bits per heavy atom. The maximum absolute atomic E-state index is 4.46. The summed E-state index contributed by atoms with van der Waals surface area (Å²) in [6.45, 7) is 4.08. The lowest BCUT2D eigenvalue weighted by molar-refractivity contribution is 0.962. The third-order valence-corrected chi connectivity index (χ3v) is 2.45. The smallest absolute Gasteiger partial charge is 0.199 e. The second-order valence-corrected chi connectivity index (χ2v) is 3.41. The van der Waals surface area contributed by atoms with Crippen molar-refractivity contribution >= 4 is 5.82 Å². The SMILES string of the molecule is CCc1nc(-c2ncn[nH]2)nc(NC)c1C. The molecule has 0 aliphatic rings. The van der Waals surface area contributed by atoms with Crippen LogP contribution in [0.1, 0.15) is 18.2 Å². The van der Waals surface area contributed by atoms with Crippen LogP contribution in [0.2, 0.25) is 0 Å². The molecule has 0 spiro atoms. The summed E-state index contributed by atoms with van der Waals surface area (Å²) in [5.74, 6) is 1.99. The zero-order valence-corrected chi connectivity index (χ0v) is 9.57. The Hall–Kier alpha value is -1.98. The van der Waals surface area contributed by atoms with Gasteiger partial charge in [-0.2, -0.15) is 5.10 Å². The predicted molar refractivity (Wildman–Crippen MR) is 61.1 cm³/mol. The summed E-state index contributed by atoms with van der Waals surface area (Å²) in [7, 11) is 1.85. The zero-order chi connectivity index (χ0) is 11.5. The Balaban J connectivity index is 2.56. The van der Waals surface area contributed by atoms with Crippen molar-refractivity contribution in [3.63, 3.8) is 0 Å². The van der Waals surface area contributed by atoms with Crippen LogP contribution in [0.25, 0.3) is 11.6 Å². The van der Waals surface area contributed by atoms with E-state index in [2.05, 4.69) is 37.4 Å². The Kier molecular flexibility index (Phi) is 2.80. The fourth-order valence-corrected chi connectivity index (χ4v) is 1.57. The molecule has 0 fully saturated rings. The Morgan fingerprint density at radius 3 is 2.75 bits per heavy atom. The molecule has 0 aliphatic carbocycles. The van der Waals surface area contributed by atoms with Crippen molar-refractivity contribution in [2.45, 2.75) is 20.3 Å². The zero-order valence-electron chi connectivity index (χ0n) is 9.57. The van der Waals surface area contributed by atoms with Crippen LogP contribution in [-0.2, 0) is 6.42 Å². The van der Waals surface area contributed by atoms with E-state index in [1.807, 2.05) is 14.0 Å². The molecule has 0 aromatic carbocycles. The first-order chi connectivity index (χ1) is 7.76. The summed E-state index contributed by atoms with van der Waals surface area (Å²) in [5.41, 5.74) is 2.10. The number of hydrogen-bond donors (Lipinski definition) is 2. The normalized spacial score (nSPS) is 10.4. The molecule has 0 unspecified atom stereocenters. The highest BCUT2D eigenvalue weighted by Gasteiger charge is 2.11. The highest BCUT2D eigenvalue weighted by atomic mass is 15.2. The van der Waals surface area contributed by atoms with Crippen molar-refractivity contribution in [2.24, 2.45) is 0 Å². The molecule has 0 radical (unpaired) electrons. The monoisotopic (exact) mass is 218 g/mol. The standard InChI is InChI=1S/C10H14N6/c1-4-7-6(2)8(11-3)15-10(14-7)9-12-5-13-16-9/h5H,4H2,1-3H3,(H,11,14,15)(H,12,13,16). The van der Waals surface area contributed by atoms with Crippen LogP contribution in [0.4, 0.5) is 5.82 Å². The van der Waals surface area contributed by atoms with Gasteiger partial charge in [0.1, 0.15) is 12.1 Å². The van der Waals surface area contributed by atoms with E-state index in [9.17, 15) is 0 Å². The van der Waals surface area contributed by atoms with Gasteiger partial charge in [0.2, 0.25) is 0 Å². The number of aryl methyl sites for hydroxylation is 1. The fourth-order valence-electron chi connectivity index (χ4n) is 1.57. The van der Waals surface area contributed by atoms with E-state index in [-0.39, 0.29) is 0 Å². The van der Waals surface area contributed by atoms with Gasteiger partial charge in [-0.1, -0.05) is 6.92 Å². The summed E-state index contributed by atoms with van der Waals surface area (Å²) in [6.07, 6.45) is 2.31. The van der Waals surface area contributed by atoms with E-state index >= 15 is 0 Å². The van der Waals surface area contributed by atoms with Crippen LogP contribution in [0.15, 0.2) is 6.33 Å². The molecule has 0 saturated carbocycles. The second-order valence-electron chi connectivity index (χ2n) is 3.41. The summed E-state index contributed by atoms with van der Waals surface area (Å²) >= 11 is 0. The third kappa shape index (κ3) is 1.73. The lowest BCUT2D eigenvalue weighted by Gasteiger charge is -2.09. The molecule has 84 valence electrons. The average Bonchev–Trinajstić information content (AvgIpc) is 2.83. The van der Waals surface area contributed by atoms with Gasteiger partial charge >= 0.3 is 0 Å². The van der Waals surface area contributed by atoms with Gasteiger partial charge in [0.05, 0.1) is 0 Å². The minimum atomic E-state index is 0.573. The molecular formula is C10H14N6. The molecule has 2 heterocycles. The number of anilines is 1. The van der Waals surface area contributed by atoms with E-state index < -0.39 is 0 Å². The molecule has 0 amide bonds. The number of rotatable bonds is 3. The minimum Gasteiger partial charge on any atom is -0.373 e. The van der Waals surface area contributed by atoms with E-state index in [0.29, 0.717) is 11.6 Å². The highest BCUT2D eigenvalue weighted by Crippen LogP contribution is 2.19. The molecule has 6 nitrogen and oxygen atoms in total. The molecule has 2 aromatic heterocycles. The summed E-state index contributed by atoms with van der Waals surface area (Å²) in [5, 5.41) is 9.62. The molecule has 2 aromatic rings. The van der Waals surface area contributed by atoms with Crippen molar-refractivity contribution in [1.29, 1.82) is 0 Å². The quantitative estimate of drug-likeness (QED) is 0.808. The van der Waals surface area contributed by atoms with Gasteiger partial charge in [-0.3, -0.25) is 5.10 Å². The first-order valence-electron chi connectivity index (χ1n) is 5.17. The molecule has 6 heteroatoms. The van der Waals surface area contributed by atoms with E-state index in [0.717, 1.165) is 23.5 Å². The maximum atomic E-state index is 4.46. The predicted octanol–water partition coefficient (Wildman–Crippen LogP) is 1.17. The van der Waals surface area contributed by atoms with Crippen molar-refractivity contribution in [3.05, 3.63) is 17.6 Å². The van der Waals surface area contributed by atoms with E-state index in [1.54, 1.807) is 0 Å². The minimum absolute atomic E-state index is 0.573. The fraction of sp³-hybridized carbons (Fsp3) is 0.400. The van der Waals surface area contributed by atoms with Gasteiger partial charge in [-0.15, -0.1) is 0 Å². The molecule has 0 saturated heterocycles. The highest BCUT2D eigenvalue weighted by molar-refractivity contribution is 5.53. The van der Waals surface area contributed by atoms with Crippen LogP contribution >= 0.6 is 0 Å². The Labute approximate surface area is 93.6 Å². The lowest BCUT2D eigenvalue weighted by Crippen LogP contribution is -2.05. The molecule has 0 atom stereocenters. The van der Waals surface area contributed by atoms with Gasteiger partial charge in [0, 0.05) is 18.3 Å². The summed E-state index contributed by atoms with van der Waals surface area (Å²) in [6, 6.07) is 0. The number of aromatic nitrogens is 5. The third-order valence-electron chi connectivity index (χ3n) is 2.45. The average molecular weight is 218 g/mol. The van der Waals surface area contributed by atoms with Crippen molar-refractivity contribution in [1.82, 2.24) is 25.1 Å². The number of nitrogens with zero attached hydrogens (tertiary/aromatic N) is 4. The van der Waals surface area contributed by atoms with Crippen LogP contribution in [0, 0.1) is 6.92 Å². The van der Waals surface area contributed by atoms with Crippen LogP contribution in [0.5, 0.6) is 0 Å². The molecule has 0 bridgehead atoms. The number of hydrogen-bond acceptors (Lipinski definition) is 5. The summed E-state index contributed by atoms with van der Waals surface area (Å²) in [4.78, 5) is 12.9. The number of aromatic amines is 1. The Morgan fingerprint density at radius 2 is 2.19 bits per heavy atom. The van der Waals surface area contributed by atoms with Gasteiger partial charge < -0.3 is 5.32 Å². The number of nitrogens with one attached hydrogen (secondary N) is 2. The molecule has 0 aliphatic heterocycles. The van der Waals surface area contributed by atoms with Gasteiger partial charge in [-0.05, 0) is 13.3 Å². The van der Waals surface area contributed by atoms with Gasteiger partial charge in [0.25, 0.3) is 0 Å². The number of H-pyrrole nitrogens is 1. The van der Waals surface area contributed by atoms with Gasteiger partial charge in [-0.25, -0.2) is 15.0 Å². The molecule has 2 rings (SSSR count). The topological polar surface area (TPSA) is 79.4 Å². The van der Waals surface area contributed by atoms with Crippen molar-refractivity contribution in [2.75, 3.05) is 12.4 Å². The first kappa shape index (κ1) is 10.5. The maximum Gasteiger partial charge on any atom is 0.199 e. The van der Waals surface area contributed by atoms with Crippen molar-refractivity contribution in [3.8, 4) is 11.6 Å². The van der Waals surface area contributed by atoms with E-state index in [1.165, 1.54) is 6.33 Å². The van der Waals surface area contributed by atoms with E-state index in [4.69, 9.17) is 0 Å².